The number of rotatable bonds is 1. The van der Waals surface area contributed by atoms with Gasteiger partial charge in [0.2, 0.25) is 0 Å². The Hall–Kier alpha value is -0.900. The summed E-state index contributed by atoms with van der Waals surface area (Å²) in [6.07, 6.45) is 4.84. The van der Waals surface area contributed by atoms with Crippen LogP contribution in [0.1, 0.15) is 5.69 Å². The lowest BCUT2D eigenvalue weighted by Crippen LogP contribution is -1.89. The highest BCUT2D eigenvalue weighted by atomic mass is 32.2. The lowest BCUT2D eigenvalue weighted by atomic mass is 10.4. The molecule has 0 aliphatic carbocycles. The zero-order valence-electron chi connectivity index (χ0n) is 7.44. The average Bonchev–Trinajstić information content (AvgIpc) is 1.91. The fourth-order valence-electron chi connectivity index (χ4n) is 0.768. The number of hydrogen-bond donors (Lipinski definition) is 0. The van der Waals surface area contributed by atoms with Gasteiger partial charge in [-0.2, -0.15) is 4.36 Å². The molecule has 4 heteroatoms. The predicted molar refractivity (Wildman–Crippen MR) is 51.1 cm³/mol. The van der Waals surface area contributed by atoms with E-state index in [1.165, 1.54) is 0 Å². The average molecular weight is 184 g/mol. The molecule has 1 aromatic rings. The molecule has 3 nitrogen and oxygen atoms in total. The quantitative estimate of drug-likeness (QED) is 0.667. The Morgan fingerprint density at radius 3 is 2.50 bits per heavy atom. The third kappa shape index (κ3) is 3.00. The number of hydrogen-bond acceptors (Lipinski definition) is 3. The van der Waals surface area contributed by atoms with E-state index in [0.717, 1.165) is 5.69 Å². The van der Waals surface area contributed by atoms with Crippen molar-refractivity contribution in [2.24, 2.45) is 4.36 Å². The summed E-state index contributed by atoms with van der Waals surface area (Å²) >= 11 is 0. The molecule has 0 amide bonds. The minimum atomic E-state index is -2.06. The van der Waals surface area contributed by atoms with E-state index in [4.69, 9.17) is 0 Å². The molecule has 1 rings (SSSR count). The van der Waals surface area contributed by atoms with Gasteiger partial charge in [0.25, 0.3) is 0 Å². The highest BCUT2D eigenvalue weighted by Gasteiger charge is 1.92. The van der Waals surface area contributed by atoms with Crippen molar-refractivity contribution in [3.05, 3.63) is 24.0 Å². The lowest BCUT2D eigenvalue weighted by molar-refractivity contribution is 0.684. The summed E-state index contributed by atoms with van der Waals surface area (Å²) in [5, 5.41) is 0. The first-order valence-electron chi connectivity index (χ1n) is 3.57. The minimum absolute atomic E-state index is 0.676. The fourth-order valence-corrected chi connectivity index (χ4v) is 1.38. The molecule has 0 aliphatic heterocycles. The SMILES string of the molecule is Cc1ccc(N=S(C)(C)=O)cn1. The maximum atomic E-state index is 11.2. The van der Waals surface area contributed by atoms with Crippen LogP contribution in [-0.4, -0.2) is 21.7 Å². The van der Waals surface area contributed by atoms with Crippen molar-refractivity contribution in [3.8, 4) is 0 Å². The second kappa shape index (κ2) is 3.23. The first-order valence-corrected chi connectivity index (χ1v) is 5.90. The number of pyridine rings is 1. The molecule has 0 spiro atoms. The Morgan fingerprint density at radius 1 is 1.42 bits per heavy atom. The number of nitrogens with zero attached hydrogens (tertiary/aromatic N) is 2. The molecule has 0 unspecified atom stereocenters. The van der Waals surface area contributed by atoms with E-state index < -0.39 is 9.73 Å². The van der Waals surface area contributed by atoms with E-state index in [2.05, 4.69) is 9.35 Å². The maximum Gasteiger partial charge on any atom is 0.0913 e. The fraction of sp³-hybridized carbons (Fsp3) is 0.375. The molecule has 0 fully saturated rings. The molecular weight excluding hydrogens is 172 g/mol. The van der Waals surface area contributed by atoms with E-state index >= 15 is 0 Å². The maximum absolute atomic E-state index is 11.2. The summed E-state index contributed by atoms with van der Waals surface area (Å²) in [5.74, 6) is 0. The van der Waals surface area contributed by atoms with E-state index in [-0.39, 0.29) is 0 Å². The molecule has 0 bridgehead atoms. The smallest absolute Gasteiger partial charge is 0.0913 e. The first-order chi connectivity index (χ1) is 5.47. The third-order valence-corrected chi connectivity index (χ3v) is 1.87. The van der Waals surface area contributed by atoms with Crippen LogP contribution in [0.3, 0.4) is 0 Å². The molecule has 66 valence electrons. The van der Waals surface area contributed by atoms with Crippen molar-refractivity contribution in [1.29, 1.82) is 0 Å². The van der Waals surface area contributed by atoms with Crippen LogP contribution in [0.15, 0.2) is 22.7 Å². The highest BCUT2D eigenvalue weighted by Crippen LogP contribution is 2.11. The normalized spacial score (nSPS) is 11.2. The van der Waals surface area contributed by atoms with Crippen LogP contribution in [0.5, 0.6) is 0 Å². The minimum Gasteiger partial charge on any atom is -0.259 e. The van der Waals surface area contributed by atoms with Gasteiger partial charge in [0.15, 0.2) is 0 Å². The molecule has 12 heavy (non-hydrogen) atoms. The number of aromatic nitrogens is 1. The van der Waals surface area contributed by atoms with Gasteiger partial charge in [0.05, 0.1) is 11.9 Å². The summed E-state index contributed by atoms with van der Waals surface area (Å²) in [6, 6.07) is 3.67. The Morgan fingerprint density at radius 2 is 2.08 bits per heavy atom. The lowest BCUT2D eigenvalue weighted by Gasteiger charge is -1.96. The molecule has 0 aromatic carbocycles. The Bertz CT molecular complexity index is 367. The van der Waals surface area contributed by atoms with Crippen LogP contribution in [0.2, 0.25) is 0 Å². The number of aryl methyl sites for hydroxylation is 1. The molecule has 0 saturated heterocycles. The van der Waals surface area contributed by atoms with Gasteiger partial charge in [-0.1, -0.05) is 0 Å². The highest BCUT2D eigenvalue weighted by molar-refractivity contribution is 7.92. The second-order valence-electron chi connectivity index (χ2n) is 2.93. The van der Waals surface area contributed by atoms with Crippen molar-refractivity contribution < 1.29 is 4.21 Å². The van der Waals surface area contributed by atoms with Crippen LogP contribution >= 0.6 is 0 Å². The molecule has 0 N–H and O–H groups in total. The summed E-state index contributed by atoms with van der Waals surface area (Å²) in [4.78, 5) is 4.04. The Kier molecular flexibility index (Phi) is 2.47. The van der Waals surface area contributed by atoms with E-state index in [1.807, 2.05) is 19.1 Å². The van der Waals surface area contributed by atoms with Gasteiger partial charge >= 0.3 is 0 Å². The summed E-state index contributed by atoms with van der Waals surface area (Å²) in [6.45, 7) is 1.90. The van der Waals surface area contributed by atoms with Gasteiger partial charge in [-0.05, 0) is 19.1 Å². The summed E-state index contributed by atoms with van der Waals surface area (Å²) in [5.41, 5.74) is 1.61. The zero-order chi connectivity index (χ0) is 9.19. The van der Waals surface area contributed by atoms with Crippen LogP contribution in [0, 0.1) is 6.92 Å². The standard InChI is InChI=1S/C8H12N2OS/c1-7-4-5-8(6-9-7)10-12(2,3)11/h4-6H,1-3H3. The molecule has 0 aliphatic rings. The predicted octanol–water partition coefficient (Wildman–Crippen LogP) is 1.75. The second-order valence-corrected chi connectivity index (χ2v) is 5.48. The molecule has 0 saturated carbocycles. The van der Waals surface area contributed by atoms with Crippen LogP contribution in [-0.2, 0) is 9.73 Å². The van der Waals surface area contributed by atoms with E-state index in [0.29, 0.717) is 5.69 Å². The van der Waals surface area contributed by atoms with Crippen LogP contribution in [0.25, 0.3) is 0 Å². The van der Waals surface area contributed by atoms with Crippen molar-refractivity contribution >= 4 is 15.4 Å². The van der Waals surface area contributed by atoms with Gasteiger partial charge in [-0.3, -0.25) is 4.98 Å². The van der Waals surface area contributed by atoms with Crippen LogP contribution < -0.4 is 0 Å². The van der Waals surface area contributed by atoms with Gasteiger partial charge in [0, 0.05) is 27.9 Å². The molecule has 0 atom stereocenters. The van der Waals surface area contributed by atoms with Gasteiger partial charge < -0.3 is 0 Å². The van der Waals surface area contributed by atoms with Crippen LogP contribution in [0.4, 0.5) is 5.69 Å². The molecule has 1 aromatic heterocycles. The zero-order valence-corrected chi connectivity index (χ0v) is 8.26. The largest absolute Gasteiger partial charge is 0.259 e. The monoisotopic (exact) mass is 184 g/mol. The first kappa shape index (κ1) is 9.19. The van der Waals surface area contributed by atoms with E-state index in [1.54, 1.807) is 18.7 Å². The van der Waals surface area contributed by atoms with Crippen molar-refractivity contribution in [2.45, 2.75) is 6.92 Å². The van der Waals surface area contributed by atoms with Gasteiger partial charge in [-0.25, -0.2) is 4.21 Å². The molecule has 1 heterocycles. The van der Waals surface area contributed by atoms with Crippen molar-refractivity contribution in [1.82, 2.24) is 4.98 Å². The summed E-state index contributed by atoms with van der Waals surface area (Å²) < 4.78 is 15.2. The van der Waals surface area contributed by atoms with Crippen molar-refractivity contribution in [2.75, 3.05) is 12.5 Å². The van der Waals surface area contributed by atoms with Gasteiger partial charge in [0.1, 0.15) is 0 Å². The Balaban J connectivity index is 3.08. The van der Waals surface area contributed by atoms with Gasteiger partial charge in [-0.15, -0.1) is 0 Å². The van der Waals surface area contributed by atoms with Crippen molar-refractivity contribution in [3.63, 3.8) is 0 Å². The van der Waals surface area contributed by atoms with E-state index in [9.17, 15) is 4.21 Å². The molecule has 0 radical (unpaired) electrons. The summed E-state index contributed by atoms with van der Waals surface area (Å²) in [7, 11) is -2.06. The third-order valence-electron chi connectivity index (χ3n) is 1.22. The molecular formula is C8H12N2OS. The Labute approximate surface area is 73.0 Å². The topological polar surface area (TPSA) is 42.3 Å².